The van der Waals surface area contributed by atoms with Crippen molar-refractivity contribution >= 4 is 27.7 Å². The maximum absolute atomic E-state index is 5.27. The first-order valence-corrected chi connectivity index (χ1v) is 7.88. The molecule has 4 aromatic heterocycles. The number of hydrogen-bond acceptors (Lipinski definition) is 5. The number of aryl methyl sites for hydroxylation is 1. The van der Waals surface area contributed by atoms with Crippen LogP contribution in [0.25, 0.3) is 39.1 Å². The van der Waals surface area contributed by atoms with Gasteiger partial charge in [-0.1, -0.05) is 0 Å². The summed E-state index contributed by atoms with van der Waals surface area (Å²) in [7, 11) is 1.60. The Morgan fingerprint density at radius 2 is 1.92 bits per heavy atom. The summed E-state index contributed by atoms with van der Waals surface area (Å²) in [6.07, 6.45) is 1.93. The number of pyridine rings is 1. The zero-order valence-electron chi connectivity index (χ0n) is 13.7. The van der Waals surface area contributed by atoms with E-state index in [2.05, 4.69) is 26.2 Å². The number of methoxy groups -OCH3 is 1. The zero-order valence-corrected chi connectivity index (χ0v) is 13.7. The van der Waals surface area contributed by atoms with Crippen LogP contribution in [0.1, 0.15) is 5.69 Å². The van der Waals surface area contributed by atoms with Crippen LogP contribution in [0.3, 0.4) is 0 Å². The fourth-order valence-corrected chi connectivity index (χ4v) is 3.11. The Kier molecular flexibility index (Phi) is 2.79. The number of fused-ring (bicyclic) bond motifs is 4. The number of aromatic nitrogens is 6. The minimum atomic E-state index is 0.528. The molecule has 122 valence electrons. The molecular weight excluding hydrogens is 316 g/mol. The number of ether oxygens (including phenoxy) is 1. The molecule has 0 atom stereocenters. The third-order valence-corrected chi connectivity index (χ3v) is 4.33. The van der Waals surface area contributed by atoms with Gasteiger partial charge >= 0.3 is 0 Å². The smallest absolute Gasteiger partial charge is 0.215 e. The molecule has 0 radical (unpaired) electrons. The van der Waals surface area contributed by atoms with E-state index in [1.54, 1.807) is 13.2 Å². The van der Waals surface area contributed by atoms with Crippen molar-refractivity contribution in [2.45, 2.75) is 6.92 Å². The standard InChI is InChI=1S/C18H14N6O/c1-10-16-23-22-14-5-6-15(25-2)21-18(14)24(16)17(20-10)12-3-4-13-11(9-12)7-8-19-13/h3-9,19H,1-2H3. The van der Waals surface area contributed by atoms with Crippen LogP contribution in [0.2, 0.25) is 0 Å². The van der Waals surface area contributed by atoms with Gasteiger partial charge < -0.3 is 9.72 Å². The number of nitrogens with one attached hydrogen (secondary N) is 1. The Bertz CT molecular complexity index is 1250. The molecule has 5 aromatic rings. The van der Waals surface area contributed by atoms with Crippen molar-refractivity contribution in [2.24, 2.45) is 0 Å². The van der Waals surface area contributed by atoms with Crippen molar-refractivity contribution in [1.82, 2.24) is 29.5 Å². The average Bonchev–Trinajstić information content (AvgIpc) is 3.25. The van der Waals surface area contributed by atoms with Crippen LogP contribution >= 0.6 is 0 Å². The summed E-state index contributed by atoms with van der Waals surface area (Å²) >= 11 is 0. The molecule has 0 bridgehead atoms. The highest BCUT2D eigenvalue weighted by Gasteiger charge is 2.16. The second-order valence-corrected chi connectivity index (χ2v) is 5.86. The molecule has 0 unspecified atom stereocenters. The molecule has 1 aromatic carbocycles. The van der Waals surface area contributed by atoms with Crippen molar-refractivity contribution in [3.8, 4) is 17.3 Å². The van der Waals surface area contributed by atoms with Crippen LogP contribution in [0.4, 0.5) is 0 Å². The van der Waals surface area contributed by atoms with Gasteiger partial charge in [-0.15, -0.1) is 10.2 Å². The SMILES string of the molecule is COc1ccc2nnc3c(C)nc(-c4ccc5[nH]ccc5c4)n3c2n1. The van der Waals surface area contributed by atoms with Crippen molar-refractivity contribution < 1.29 is 4.74 Å². The summed E-state index contributed by atoms with van der Waals surface area (Å²) < 4.78 is 7.21. The highest BCUT2D eigenvalue weighted by atomic mass is 16.5. The van der Waals surface area contributed by atoms with Gasteiger partial charge in [-0.3, -0.25) is 4.40 Å². The quantitative estimate of drug-likeness (QED) is 0.538. The monoisotopic (exact) mass is 330 g/mol. The van der Waals surface area contributed by atoms with Gasteiger partial charge in [0.1, 0.15) is 11.3 Å². The summed E-state index contributed by atoms with van der Waals surface area (Å²) in [5, 5.41) is 9.72. The molecule has 7 heteroatoms. The van der Waals surface area contributed by atoms with E-state index in [0.717, 1.165) is 28.0 Å². The zero-order chi connectivity index (χ0) is 17.0. The molecule has 5 rings (SSSR count). The Morgan fingerprint density at radius 1 is 1.00 bits per heavy atom. The number of hydrogen-bond donors (Lipinski definition) is 1. The lowest BCUT2D eigenvalue weighted by Gasteiger charge is -2.06. The highest BCUT2D eigenvalue weighted by molar-refractivity contribution is 5.85. The number of aromatic amines is 1. The van der Waals surface area contributed by atoms with Gasteiger partial charge in [-0.25, -0.2) is 4.98 Å². The summed E-state index contributed by atoms with van der Waals surface area (Å²) in [4.78, 5) is 12.5. The van der Waals surface area contributed by atoms with Crippen molar-refractivity contribution in [3.05, 3.63) is 48.3 Å². The molecule has 0 aliphatic carbocycles. The van der Waals surface area contributed by atoms with Crippen molar-refractivity contribution in [3.63, 3.8) is 0 Å². The van der Waals surface area contributed by atoms with Crippen molar-refractivity contribution in [2.75, 3.05) is 7.11 Å². The number of imidazole rings is 1. The lowest BCUT2D eigenvalue weighted by atomic mass is 10.1. The maximum Gasteiger partial charge on any atom is 0.215 e. The molecule has 0 saturated heterocycles. The highest BCUT2D eigenvalue weighted by Crippen LogP contribution is 2.27. The predicted octanol–water partition coefficient (Wildman–Crippen LogP) is 3.14. The summed E-state index contributed by atoms with van der Waals surface area (Å²) in [6.45, 7) is 1.92. The fraction of sp³-hybridized carbons (Fsp3) is 0.111. The van der Waals surface area contributed by atoms with E-state index in [9.17, 15) is 0 Å². The number of rotatable bonds is 2. The van der Waals surface area contributed by atoms with Gasteiger partial charge in [0, 0.05) is 28.7 Å². The van der Waals surface area contributed by atoms with E-state index in [1.807, 2.05) is 41.8 Å². The molecule has 0 aliphatic heterocycles. The van der Waals surface area contributed by atoms with E-state index in [-0.39, 0.29) is 0 Å². The van der Waals surface area contributed by atoms with Gasteiger partial charge in [0.25, 0.3) is 0 Å². The van der Waals surface area contributed by atoms with Crippen LogP contribution in [0.15, 0.2) is 42.6 Å². The minimum Gasteiger partial charge on any atom is -0.481 e. The summed E-state index contributed by atoms with van der Waals surface area (Å²) in [5.41, 5.74) is 4.95. The van der Waals surface area contributed by atoms with Crippen LogP contribution in [0.5, 0.6) is 5.88 Å². The van der Waals surface area contributed by atoms with Crippen molar-refractivity contribution in [1.29, 1.82) is 0 Å². The fourth-order valence-electron chi connectivity index (χ4n) is 3.11. The Morgan fingerprint density at radius 3 is 2.80 bits per heavy atom. The lowest BCUT2D eigenvalue weighted by molar-refractivity contribution is 0.399. The van der Waals surface area contributed by atoms with Crippen LogP contribution in [-0.4, -0.2) is 36.7 Å². The van der Waals surface area contributed by atoms with E-state index < -0.39 is 0 Å². The molecule has 0 fully saturated rings. The largest absolute Gasteiger partial charge is 0.481 e. The number of H-pyrrole nitrogens is 1. The third kappa shape index (κ3) is 1.99. The first-order valence-electron chi connectivity index (χ1n) is 7.88. The second kappa shape index (κ2) is 5.01. The molecule has 25 heavy (non-hydrogen) atoms. The molecular formula is C18H14N6O. The molecule has 1 N–H and O–H groups in total. The van der Waals surface area contributed by atoms with E-state index in [4.69, 9.17) is 9.72 Å². The van der Waals surface area contributed by atoms with E-state index >= 15 is 0 Å². The predicted molar refractivity (Wildman–Crippen MR) is 94.7 cm³/mol. The normalized spacial score (nSPS) is 11.6. The molecule has 0 aliphatic rings. The second-order valence-electron chi connectivity index (χ2n) is 5.86. The molecule has 0 amide bonds. The topological polar surface area (TPSA) is 81.0 Å². The summed E-state index contributed by atoms with van der Waals surface area (Å²) in [6, 6.07) is 11.9. The first-order chi connectivity index (χ1) is 12.2. The van der Waals surface area contributed by atoms with Crippen LogP contribution in [0, 0.1) is 6.92 Å². The average molecular weight is 330 g/mol. The Balaban J connectivity index is 1.89. The Hall–Kier alpha value is -3.48. The minimum absolute atomic E-state index is 0.528. The molecule has 4 heterocycles. The van der Waals surface area contributed by atoms with Gasteiger partial charge in [0.15, 0.2) is 11.3 Å². The number of nitrogens with zero attached hydrogens (tertiary/aromatic N) is 5. The molecule has 7 nitrogen and oxygen atoms in total. The first kappa shape index (κ1) is 13.9. The molecule has 0 spiro atoms. The maximum atomic E-state index is 5.27. The van der Waals surface area contributed by atoms with Crippen LogP contribution in [-0.2, 0) is 0 Å². The van der Waals surface area contributed by atoms with Gasteiger partial charge in [0.2, 0.25) is 5.88 Å². The molecule has 0 saturated carbocycles. The van der Waals surface area contributed by atoms with Gasteiger partial charge in [0.05, 0.1) is 12.8 Å². The third-order valence-electron chi connectivity index (χ3n) is 4.33. The summed E-state index contributed by atoms with van der Waals surface area (Å²) in [5.74, 6) is 1.32. The lowest BCUT2D eigenvalue weighted by Crippen LogP contribution is -2.00. The Labute approximate surface area is 142 Å². The van der Waals surface area contributed by atoms with Gasteiger partial charge in [-0.05, 0) is 37.3 Å². The van der Waals surface area contributed by atoms with E-state index in [0.29, 0.717) is 22.7 Å². The van der Waals surface area contributed by atoms with E-state index in [1.165, 1.54) is 0 Å². The number of benzene rings is 1. The van der Waals surface area contributed by atoms with Crippen LogP contribution < -0.4 is 4.74 Å². The van der Waals surface area contributed by atoms with Gasteiger partial charge in [-0.2, -0.15) is 4.98 Å².